The lowest BCUT2D eigenvalue weighted by Crippen LogP contribution is -2.56. The van der Waals surface area contributed by atoms with Crippen LogP contribution in [0.25, 0.3) is 0 Å². The predicted octanol–water partition coefficient (Wildman–Crippen LogP) is 3.40. The van der Waals surface area contributed by atoms with E-state index in [0.29, 0.717) is 31.1 Å². The molecular formula is C20H29NO3. The predicted molar refractivity (Wildman–Crippen MR) is 93.5 cm³/mol. The van der Waals surface area contributed by atoms with Crippen LogP contribution in [-0.4, -0.2) is 41.3 Å². The van der Waals surface area contributed by atoms with E-state index in [-0.39, 0.29) is 18.2 Å². The number of benzene rings is 1. The molecule has 0 amide bonds. The Bertz CT molecular complexity index is 570. The van der Waals surface area contributed by atoms with E-state index in [2.05, 4.69) is 43.0 Å². The first-order valence-corrected chi connectivity index (χ1v) is 8.99. The van der Waals surface area contributed by atoms with Gasteiger partial charge in [0.05, 0.1) is 6.61 Å². The third kappa shape index (κ3) is 3.88. The van der Waals surface area contributed by atoms with Gasteiger partial charge in [0.1, 0.15) is 11.9 Å². The summed E-state index contributed by atoms with van der Waals surface area (Å²) < 4.78 is 11.9. The van der Waals surface area contributed by atoms with Crippen molar-refractivity contribution in [2.24, 2.45) is 5.92 Å². The molecule has 0 saturated carbocycles. The Morgan fingerprint density at radius 2 is 1.92 bits per heavy atom. The number of ether oxygens (including phenoxy) is 2. The summed E-state index contributed by atoms with van der Waals surface area (Å²) in [5, 5.41) is 0. The van der Waals surface area contributed by atoms with Crippen molar-refractivity contribution in [1.29, 1.82) is 0 Å². The van der Waals surface area contributed by atoms with Gasteiger partial charge in [0.15, 0.2) is 5.79 Å². The minimum absolute atomic E-state index is 0.0470. The van der Waals surface area contributed by atoms with E-state index in [9.17, 15) is 4.79 Å². The lowest BCUT2D eigenvalue weighted by Gasteiger charge is -2.45. The first-order valence-electron chi connectivity index (χ1n) is 8.99. The van der Waals surface area contributed by atoms with Crippen LogP contribution >= 0.6 is 0 Å². The van der Waals surface area contributed by atoms with Gasteiger partial charge < -0.3 is 9.47 Å². The quantitative estimate of drug-likeness (QED) is 0.848. The van der Waals surface area contributed by atoms with Crippen molar-refractivity contribution in [3.05, 3.63) is 35.9 Å². The molecular weight excluding hydrogens is 302 g/mol. The Morgan fingerprint density at radius 1 is 1.21 bits per heavy atom. The van der Waals surface area contributed by atoms with Crippen LogP contribution in [0.2, 0.25) is 0 Å². The maximum Gasteiger partial charge on any atom is 0.163 e. The topological polar surface area (TPSA) is 38.8 Å². The smallest absolute Gasteiger partial charge is 0.163 e. The second-order valence-corrected chi connectivity index (χ2v) is 7.85. The molecule has 2 fully saturated rings. The molecule has 0 radical (unpaired) electrons. The Balaban J connectivity index is 1.85. The summed E-state index contributed by atoms with van der Waals surface area (Å²) in [7, 11) is 0. The molecule has 3 rings (SSSR count). The summed E-state index contributed by atoms with van der Waals surface area (Å²) in [4.78, 5) is 14.9. The average molecular weight is 331 g/mol. The molecule has 0 unspecified atom stereocenters. The van der Waals surface area contributed by atoms with Gasteiger partial charge in [-0.25, -0.2) is 0 Å². The summed E-state index contributed by atoms with van der Waals surface area (Å²) in [6, 6.07) is 10.8. The molecule has 0 aromatic heterocycles. The zero-order valence-corrected chi connectivity index (χ0v) is 15.2. The number of rotatable bonds is 4. The monoisotopic (exact) mass is 331 g/mol. The van der Waals surface area contributed by atoms with Gasteiger partial charge >= 0.3 is 0 Å². The second-order valence-electron chi connectivity index (χ2n) is 7.85. The van der Waals surface area contributed by atoms with E-state index in [1.807, 2.05) is 19.9 Å². The van der Waals surface area contributed by atoms with E-state index in [0.717, 1.165) is 6.54 Å². The van der Waals surface area contributed by atoms with Crippen LogP contribution in [0.3, 0.4) is 0 Å². The lowest BCUT2D eigenvalue weighted by atomic mass is 9.85. The van der Waals surface area contributed by atoms with Gasteiger partial charge in [-0.15, -0.1) is 0 Å². The first-order chi connectivity index (χ1) is 11.4. The highest BCUT2D eigenvalue weighted by Crippen LogP contribution is 2.34. The minimum Gasteiger partial charge on any atom is -0.348 e. The summed E-state index contributed by atoms with van der Waals surface area (Å²) >= 11 is 0. The van der Waals surface area contributed by atoms with Crippen molar-refractivity contribution >= 4 is 5.78 Å². The van der Waals surface area contributed by atoms with E-state index in [1.54, 1.807) is 0 Å². The maximum absolute atomic E-state index is 12.4. The molecule has 1 aromatic rings. The van der Waals surface area contributed by atoms with Crippen LogP contribution in [0.5, 0.6) is 0 Å². The molecule has 2 saturated heterocycles. The fourth-order valence-corrected chi connectivity index (χ4v) is 3.93. The van der Waals surface area contributed by atoms with Gasteiger partial charge in [-0.3, -0.25) is 9.69 Å². The minimum atomic E-state index is -0.559. The molecule has 2 aliphatic heterocycles. The number of ketones is 1. The number of Topliss-reactive ketones (excluding diaryl/α,β-unsaturated/α-hetero) is 1. The number of hydrogen-bond donors (Lipinski definition) is 0. The molecule has 0 spiro atoms. The van der Waals surface area contributed by atoms with Crippen LogP contribution in [0.15, 0.2) is 30.3 Å². The number of nitrogens with zero attached hydrogens (tertiary/aromatic N) is 1. The molecule has 0 bridgehead atoms. The second kappa shape index (κ2) is 6.95. The molecule has 3 atom stereocenters. The highest BCUT2D eigenvalue weighted by atomic mass is 16.7. The van der Waals surface area contributed by atoms with Gasteiger partial charge in [0.2, 0.25) is 0 Å². The molecule has 0 aliphatic carbocycles. The summed E-state index contributed by atoms with van der Waals surface area (Å²) in [5.74, 6) is 0.212. The van der Waals surface area contributed by atoms with Crippen molar-refractivity contribution in [3.63, 3.8) is 0 Å². The van der Waals surface area contributed by atoms with Gasteiger partial charge in [-0.2, -0.15) is 0 Å². The van der Waals surface area contributed by atoms with Gasteiger partial charge in [-0.05, 0) is 25.3 Å². The number of likely N-dealkylation sites (tertiary alicyclic amines) is 1. The van der Waals surface area contributed by atoms with Gasteiger partial charge in [0, 0.05) is 31.5 Å². The number of carbonyl (C=O) groups is 1. The maximum atomic E-state index is 12.4. The van der Waals surface area contributed by atoms with E-state index in [1.165, 1.54) is 5.56 Å². The molecule has 4 heteroatoms. The molecule has 132 valence electrons. The van der Waals surface area contributed by atoms with Crippen molar-refractivity contribution in [3.8, 4) is 0 Å². The largest absolute Gasteiger partial charge is 0.348 e. The van der Waals surface area contributed by atoms with Crippen molar-refractivity contribution in [1.82, 2.24) is 4.90 Å². The molecule has 2 aliphatic rings. The molecule has 24 heavy (non-hydrogen) atoms. The van der Waals surface area contributed by atoms with Crippen LogP contribution < -0.4 is 0 Å². The first kappa shape index (κ1) is 17.6. The Labute approximate surface area is 145 Å². The van der Waals surface area contributed by atoms with Crippen LogP contribution in [0.4, 0.5) is 0 Å². The Morgan fingerprint density at radius 3 is 2.50 bits per heavy atom. The van der Waals surface area contributed by atoms with Crippen LogP contribution in [-0.2, 0) is 20.8 Å². The van der Waals surface area contributed by atoms with Crippen LogP contribution in [0.1, 0.15) is 46.1 Å². The molecule has 1 aromatic carbocycles. The third-order valence-electron chi connectivity index (χ3n) is 5.16. The highest BCUT2D eigenvalue weighted by molar-refractivity contribution is 5.80. The zero-order chi connectivity index (χ0) is 17.3. The van der Waals surface area contributed by atoms with Crippen molar-refractivity contribution < 1.29 is 14.3 Å². The molecule has 4 nitrogen and oxygen atoms in total. The SMILES string of the molecule is CC(C)[C@@H]1CC(=O)C[C@H]([C@H]2COC(C)(C)O2)N1Cc1ccccc1. The van der Waals surface area contributed by atoms with Crippen molar-refractivity contribution in [2.75, 3.05) is 6.61 Å². The summed E-state index contributed by atoms with van der Waals surface area (Å²) in [6.45, 7) is 9.70. The fraction of sp³-hybridized carbons (Fsp3) is 0.650. The van der Waals surface area contributed by atoms with E-state index >= 15 is 0 Å². The normalized spacial score (nSPS) is 30.9. The van der Waals surface area contributed by atoms with E-state index in [4.69, 9.17) is 9.47 Å². The average Bonchev–Trinajstić information content (AvgIpc) is 2.89. The number of carbonyl (C=O) groups excluding carboxylic acids is 1. The Kier molecular flexibility index (Phi) is 5.09. The van der Waals surface area contributed by atoms with E-state index < -0.39 is 5.79 Å². The standard InChI is InChI=1S/C20H29NO3/c1-14(2)17-10-16(22)11-18(19-13-23-20(3,4)24-19)21(17)12-15-8-6-5-7-9-15/h5-9,14,17-19H,10-13H2,1-4H3/t17-,18+,19+/m0/s1. The fourth-order valence-electron chi connectivity index (χ4n) is 3.93. The summed E-state index contributed by atoms with van der Waals surface area (Å²) in [6.07, 6.45) is 1.15. The highest BCUT2D eigenvalue weighted by Gasteiger charge is 2.45. The lowest BCUT2D eigenvalue weighted by molar-refractivity contribution is -0.156. The molecule has 2 heterocycles. The molecule has 0 N–H and O–H groups in total. The zero-order valence-electron chi connectivity index (χ0n) is 15.2. The number of hydrogen-bond acceptors (Lipinski definition) is 4. The van der Waals surface area contributed by atoms with Crippen LogP contribution in [0, 0.1) is 5.92 Å². The summed E-state index contributed by atoms with van der Waals surface area (Å²) in [5.41, 5.74) is 1.28. The number of piperidine rings is 1. The van der Waals surface area contributed by atoms with Gasteiger partial charge in [-0.1, -0.05) is 44.2 Å². The van der Waals surface area contributed by atoms with Gasteiger partial charge in [0.25, 0.3) is 0 Å². The third-order valence-corrected chi connectivity index (χ3v) is 5.16. The Hall–Kier alpha value is -1.23. The van der Waals surface area contributed by atoms with Crippen molar-refractivity contribution in [2.45, 2.75) is 71.1 Å².